The molecule has 2 rings (SSSR count). The SMILES string of the molecule is CC(C)Oc1ccc(-c2nc(CCCN)cs2)cc1. The van der Waals surface area contributed by atoms with Crippen LogP contribution < -0.4 is 10.5 Å². The van der Waals surface area contributed by atoms with Crippen molar-refractivity contribution in [3.05, 3.63) is 35.3 Å². The Hall–Kier alpha value is -1.39. The van der Waals surface area contributed by atoms with Crippen molar-refractivity contribution in [1.29, 1.82) is 0 Å². The zero-order valence-electron chi connectivity index (χ0n) is 11.4. The lowest BCUT2D eigenvalue weighted by Crippen LogP contribution is -2.05. The van der Waals surface area contributed by atoms with Crippen molar-refractivity contribution in [1.82, 2.24) is 4.98 Å². The highest BCUT2D eigenvalue weighted by molar-refractivity contribution is 7.13. The molecular weight excluding hydrogens is 256 g/mol. The summed E-state index contributed by atoms with van der Waals surface area (Å²) in [7, 11) is 0. The van der Waals surface area contributed by atoms with E-state index in [2.05, 4.69) is 22.5 Å². The lowest BCUT2D eigenvalue weighted by Gasteiger charge is -2.09. The molecule has 0 radical (unpaired) electrons. The van der Waals surface area contributed by atoms with E-state index in [-0.39, 0.29) is 6.10 Å². The quantitative estimate of drug-likeness (QED) is 0.878. The highest BCUT2D eigenvalue weighted by atomic mass is 32.1. The summed E-state index contributed by atoms with van der Waals surface area (Å²) in [5.74, 6) is 0.902. The van der Waals surface area contributed by atoms with Gasteiger partial charge in [-0.05, 0) is 57.5 Å². The third-order valence-electron chi connectivity index (χ3n) is 2.66. The summed E-state index contributed by atoms with van der Waals surface area (Å²) >= 11 is 1.68. The summed E-state index contributed by atoms with van der Waals surface area (Å²) in [5.41, 5.74) is 7.78. The minimum Gasteiger partial charge on any atom is -0.491 e. The van der Waals surface area contributed by atoms with E-state index < -0.39 is 0 Å². The second-order valence-electron chi connectivity index (χ2n) is 4.73. The fourth-order valence-corrected chi connectivity index (χ4v) is 2.65. The molecule has 1 heterocycles. The lowest BCUT2D eigenvalue weighted by atomic mass is 10.2. The van der Waals surface area contributed by atoms with Crippen molar-refractivity contribution in [2.45, 2.75) is 32.8 Å². The molecule has 0 aliphatic rings. The van der Waals surface area contributed by atoms with Crippen LogP contribution in [-0.2, 0) is 6.42 Å². The summed E-state index contributed by atoms with van der Waals surface area (Å²) in [4.78, 5) is 4.63. The molecular formula is C15H20N2OS. The molecule has 0 bridgehead atoms. The number of hydrogen-bond acceptors (Lipinski definition) is 4. The van der Waals surface area contributed by atoms with E-state index in [1.165, 1.54) is 0 Å². The average Bonchev–Trinajstić information content (AvgIpc) is 2.85. The van der Waals surface area contributed by atoms with Crippen molar-refractivity contribution < 1.29 is 4.74 Å². The molecule has 2 N–H and O–H groups in total. The maximum Gasteiger partial charge on any atom is 0.123 e. The third kappa shape index (κ3) is 4.04. The number of aryl methyl sites for hydroxylation is 1. The van der Waals surface area contributed by atoms with Crippen molar-refractivity contribution in [3.8, 4) is 16.3 Å². The predicted octanol–water partition coefficient (Wildman–Crippen LogP) is 3.49. The van der Waals surface area contributed by atoms with Crippen LogP contribution in [-0.4, -0.2) is 17.6 Å². The maximum atomic E-state index is 5.63. The van der Waals surface area contributed by atoms with Gasteiger partial charge in [0.1, 0.15) is 10.8 Å². The fourth-order valence-electron chi connectivity index (χ4n) is 1.79. The first-order valence-electron chi connectivity index (χ1n) is 6.60. The van der Waals surface area contributed by atoms with E-state index in [1.54, 1.807) is 11.3 Å². The number of benzene rings is 1. The molecule has 1 aromatic carbocycles. The van der Waals surface area contributed by atoms with Crippen LogP contribution in [0.4, 0.5) is 0 Å². The van der Waals surface area contributed by atoms with Gasteiger partial charge < -0.3 is 10.5 Å². The van der Waals surface area contributed by atoms with Gasteiger partial charge in [-0.3, -0.25) is 0 Å². The van der Waals surface area contributed by atoms with Gasteiger partial charge in [-0.15, -0.1) is 11.3 Å². The Labute approximate surface area is 118 Å². The largest absolute Gasteiger partial charge is 0.491 e. The van der Waals surface area contributed by atoms with E-state index in [4.69, 9.17) is 10.5 Å². The number of aromatic nitrogens is 1. The van der Waals surface area contributed by atoms with Crippen LogP contribution in [0.25, 0.3) is 10.6 Å². The number of nitrogens with two attached hydrogens (primary N) is 1. The van der Waals surface area contributed by atoms with Crippen LogP contribution in [0.1, 0.15) is 26.0 Å². The van der Waals surface area contributed by atoms with E-state index in [0.29, 0.717) is 6.54 Å². The molecule has 102 valence electrons. The Bertz CT molecular complexity index is 505. The van der Waals surface area contributed by atoms with Gasteiger partial charge in [0.2, 0.25) is 0 Å². The molecule has 0 fully saturated rings. The average molecular weight is 276 g/mol. The number of nitrogens with zero attached hydrogens (tertiary/aromatic N) is 1. The summed E-state index contributed by atoms with van der Waals surface area (Å²) in [6.07, 6.45) is 2.15. The zero-order valence-corrected chi connectivity index (χ0v) is 12.2. The van der Waals surface area contributed by atoms with Gasteiger partial charge in [0.15, 0.2) is 0 Å². The third-order valence-corrected chi connectivity index (χ3v) is 3.60. The van der Waals surface area contributed by atoms with Gasteiger partial charge in [-0.2, -0.15) is 0 Å². The van der Waals surface area contributed by atoms with Gasteiger partial charge in [-0.25, -0.2) is 4.98 Å². The standard InChI is InChI=1S/C15H20N2OS/c1-11(2)18-14-7-5-12(6-8-14)15-17-13(10-19-15)4-3-9-16/h5-8,10-11H,3-4,9,16H2,1-2H3. The van der Waals surface area contributed by atoms with Crippen LogP contribution in [0.15, 0.2) is 29.6 Å². The summed E-state index contributed by atoms with van der Waals surface area (Å²) in [5, 5.41) is 3.17. The topological polar surface area (TPSA) is 48.1 Å². The molecule has 0 aliphatic heterocycles. The highest BCUT2D eigenvalue weighted by Gasteiger charge is 2.05. The summed E-state index contributed by atoms with van der Waals surface area (Å²) < 4.78 is 5.63. The van der Waals surface area contributed by atoms with Gasteiger partial charge in [0, 0.05) is 10.9 Å². The van der Waals surface area contributed by atoms with E-state index in [1.807, 2.05) is 26.0 Å². The molecule has 0 saturated carbocycles. The Morgan fingerprint density at radius 1 is 1.26 bits per heavy atom. The van der Waals surface area contributed by atoms with Gasteiger partial charge in [0.05, 0.1) is 11.8 Å². The minimum absolute atomic E-state index is 0.202. The van der Waals surface area contributed by atoms with Crippen LogP contribution in [0.5, 0.6) is 5.75 Å². The fraction of sp³-hybridized carbons (Fsp3) is 0.400. The van der Waals surface area contributed by atoms with E-state index >= 15 is 0 Å². The number of thiazole rings is 1. The molecule has 4 heteroatoms. The lowest BCUT2D eigenvalue weighted by molar-refractivity contribution is 0.242. The van der Waals surface area contributed by atoms with Crippen LogP contribution in [0.2, 0.25) is 0 Å². The second kappa shape index (κ2) is 6.68. The van der Waals surface area contributed by atoms with Crippen molar-refractivity contribution in [2.75, 3.05) is 6.54 Å². The number of hydrogen-bond donors (Lipinski definition) is 1. The first-order valence-corrected chi connectivity index (χ1v) is 7.48. The van der Waals surface area contributed by atoms with Crippen molar-refractivity contribution >= 4 is 11.3 Å². The monoisotopic (exact) mass is 276 g/mol. The first-order chi connectivity index (χ1) is 9.19. The first kappa shape index (κ1) is 14.0. The zero-order chi connectivity index (χ0) is 13.7. The highest BCUT2D eigenvalue weighted by Crippen LogP contribution is 2.26. The van der Waals surface area contributed by atoms with Gasteiger partial charge in [-0.1, -0.05) is 0 Å². The molecule has 3 nitrogen and oxygen atoms in total. The van der Waals surface area contributed by atoms with E-state index in [0.717, 1.165) is 34.9 Å². The molecule has 2 aromatic rings. The molecule has 0 unspecified atom stereocenters. The molecule has 1 aromatic heterocycles. The van der Waals surface area contributed by atoms with Crippen LogP contribution in [0, 0.1) is 0 Å². The minimum atomic E-state index is 0.202. The predicted molar refractivity (Wildman–Crippen MR) is 80.7 cm³/mol. The Balaban J connectivity index is 2.07. The van der Waals surface area contributed by atoms with Crippen LogP contribution in [0.3, 0.4) is 0 Å². The Morgan fingerprint density at radius 3 is 2.63 bits per heavy atom. The molecule has 0 aliphatic carbocycles. The summed E-state index contributed by atoms with van der Waals surface area (Å²) in [6, 6.07) is 8.11. The van der Waals surface area contributed by atoms with E-state index in [9.17, 15) is 0 Å². The maximum absolute atomic E-state index is 5.63. The van der Waals surface area contributed by atoms with Gasteiger partial charge >= 0.3 is 0 Å². The number of rotatable bonds is 6. The van der Waals surface area contributed by atoms with Crippen molar-refractivity contribution in [3.63, 3.8) is 0 Å². The van der Waals surface area contributed by atoms with Crippen LogP contribution >= 0.6 is 11.3 Å². The van der Waals surface area contributed by atoms with Crippen molar-refractivity contribution in [2.24, 2.45) is 5.73 Å². The molecule has 0 amide bonds. The van der Waals surface area contributed by atoms with Gasteiger partial charge in [0.25, 0.3) is 0 Å². The number of ether oxygens (including phenoxy) is 1. The Morgan fingerprint density at radius 2 is 2.00 bits per heavy atom. The molecule has 0 spiro atoms. The smallest absolute Gasteiger partial charge is 0.123 e. The normalized spacial score (nSPS) is 10.9. The molecule has 19 heavy (non-hydrogen) atoms. The molecule has 0 atom stereocenters. The summed E-state index contributed by atoms with van der Waals surface area (Å²) in [6.45, 7) is 4.77. The molecule has 0 saturated heterocycles. The second-order valence-corrected chi connectivity index (χ2v) is 5.59. The Kier molecular flexibility index (Phi) is 4.93.